The number of rotatable bonds is 3. The molecule has 0 radical (unpaired) electrons. The molecular weight excluding hydrogens is 228 g/mol. The van der Waals surface area contributed by atoms with Gasteiger partial charge in [0.2, 0.25) is 0 Å². The molecule has 1 heterocycles. The third kappa shape index (κ3) is 2.78. The zero-order chi connectivity index (χ0) is 12.4. The molecule has 0 aromatic carbocycles. The molecule has 0 atom stereocenters. The predicted octanol–water partition coefficient (Wildman–Crippen LogP) is 2.42. The van der Waals surface area contributed by atoms with Crippen LogP contribution in [0.15, 0.2) is 12.4 Å². The Hall–Kier alpha value is -1.65. The molecule has 2 amide bonds. The maximum Gasteiger partial charge on any atom is 0.319 e. The molecule has 2 saturated carbocycles. The van der Waals surface area contributed by atoms with Crippen molar-refractivity contribution >= 4 is 11.7 Å². The Morgan fingerprint density at radius 2 is 1.78 bits per heavy atom. The third-order valence-electron chi connectivity index (χ3n) is 3.56. The number of hydrogen-bond acceptors (Lipinski definition) is 3. The van der Waals surface area contributed by atoms with Crippen LogP contribution >= 0.6 is 0 Å². The number of aromatic nitrogens is 2. The van der Waals surface area contributed by atoms with E-state index < -0.39 is 0 Å². The summed E-state index contributed by atoms with van der Waals surface area (Å²) in [7, 11) is 0. The van der Waals surface area contributed by atoms with Gasteiger partial charge in [-0.25, -0.2) is 14.8 Å². The van der Waals surface area contributed by atoms with Crippen LogP contribution in [0.25, 0.3) is 0 Å². The Morgan fingerprint density at radius 3 is 2.39 bits per heavy atom. The molecule has 2 N–H and O–H groups in total. The van der Waals surface area contributed by atoms with Crippen LogP contribution in [0.1, 0.15) is 50.3 Å². The Labute approximate surface area is 106 Å². The highest BCUT2D eigenvalue weighted by Crippen LogP contribution is 2.37. The van der Waals surface area contributed by atoms with Crippen molar-refractivity contribution in [3.8, 4) is 0 Å². The normalized spacial score (nSPS) is 19.8. The Bertz CT molecular complexity index is 421. The number of nitrogens with zero attached hydrogens (tertiary/aromatic N) is 2. The van der Waals surface area contributed by atoms with Crippen LogP contribution in [0.2, 0.25) is 0 Å². The third-order valence-corrected chi connectivity index (χ3v) is 3.56. The monoisotopic (exact) mass is 246 g/mol. The van der Waals surface area contributed by atoms with Gasteiger partial charge in [0, 0.05) is 12.0 Å². The minimum absolute atomic E-state index is 0.148. The van der Waals surface area contributed by atoms with Crippen LogP contribution in [0, 0.1) is 0 Å². The maximum atomic E-state index is 11.7. The molecule has 2 fully saturated rings. The number of urea groups is 1. The van der Waals surface area contributed by atoms with E-state index in [2.05, 4.69) is 20.6 Å². The van der Waals surface area contributed by atoms with Crippen molar-refractivity contribution < 1.29 is 4.79 Å². The van der Waals surface area contributed by atoms with Gasteiger partial charge < -0.3 is 10.6 Å². The van der Waals surface area contributed by atoms with Crippen LogP contribution in [0.4, 0.5) is 10.5 Å². The molecule has 5 nitrogen and oxygen atoms in total. The first-order chi connectivity index (χ1) is 8.81. The van der Waals surface area contributed by atoms with Gasteiger partial charge in [0.05, 0.1) is 18.1 Å². The number of nitrogens with one attached hydrogen (secondary N) is 2. The van der Waals surface area contributed by atoms with E-state index >= 15 is 0 Å². The maximum absolute atomic E-state index is 11.7. The molecule has 0 spiro atoms. The quantitative estimate of drug-likeness (QED) is 0.860. The van der Waals surface area contributed by atoms with Crippen LogP contribution in [-0.2, 0) is 0 Å². The summed E-state index contributed by atoms with van der Waals surface area (Å²) in [5, 5.41) is 5.75. The molecule has 18 heavy (non-hydrogen) atoms. The second-order valence-corrected chi connectivity index (χ2v) is 5.18. The molecular formula is C13H18N4O. The van der Waals surface area contributed by atoms with Gasteiger partial charge >= 0.3 is 6.03 Å². The second-order valence-electron chi connectivity index (χ2n) is 5.18. The van der Waals surface area contributed by atoms with Crippen molar-refractivity contribution in [2.45, 2.75) is 50.5 Å². The molecule has 0 saturated heterocycles. The minimum atomic E-state index is -0.148. The number of hydrogen-bond donors (Lipinski definition) is 2. The summed E-state index contributed by atoms with van der Waals surface area (Å²) in [6, 6.07) is 0.182. The van der Waals surface area contributed by atoms with Gasteiger partial charge in [0.15, 0.2) is 0 Å². The van der Waals surface area contributed by atoms with Crippen molar-refractivity contribution in [2.24, 2.45) is 0 Å². The zero-order valence-corrected chi connectivity index (χ0v) is 10.4. The Kier molecular flexibility index (Phi) is 3.13. The summed E-state index contributed by atoms with van der Waals surface area (Å²) in [5.41, 5.74) is 0.662. The van der Waals surface area contributed by atoms with E-state index in [-0.39, 0.29) is 6.03 Å². The van der Waals surface area contributed by atoms with Crippen molar-refractivity contribution in [3.05, 3.63) is 18.2 Å². The summed E-state index contributed by atoms with van der Waals surface area (Å²) in [6.07, 6.45) is 10.4. The lowest BCUT2D eigenvalue weighted by Crippen LogP contribution is -2.36. The SMILES string of the molecule is O=C(Nc1cnc(C2CC2)nc1)NC1CCCC1. The fourth-order valence-corrected chi connectivity index (χ4v) is 2.38. The predicted molar refractivity (Wildman–Crippen MR) is 68.4 cm³/mol. The lowest BCUT2D eigenvalue weighted by atomic mass is 10.2. The number of anilines is 1. The summed E-state index contributed by atoms with van der Waals surface area (Å²) < 4.78 is 0. The average Bonchev–Trinajstić information content (AvgIpc) is 3.09. The van der Waals surface area contributed by atoms with Gasteiger partial charge in [0.1, 0.15) is 5.82 Å². The molecule has 0 aliphatic heterocycles. The van der Waals surface area contributed by atoms with Gasteiger partial charge in [0.25, 0.3) is 0 Å². The van der Waals surface area contributed by atoms with Gasteiger partial charge in [-0.15, -0.1) is 0 Å². The summed E-state index contributed by atoms with van der Waals surface area (Å²) in [6.45, 7) is 0. The standard InChI is InChI=1S/C13H18N4O/c18-13(16-10-3-1-2-4-10)17-11-7-14-12(15-8-11)9-5-6-9/h7-10H,1-6H2,(H2,16,17,18). The molecule has 3 rings (SSSR count). The molecule has 1 aromatic heterocycles. The smallest absolute Gasteiger partial charge is 0.319 e. The molecule has 1 aromatic rings. The van der Waals surface area contributed by atoms with Crippen molar-refractivity contribution in [1.82, 2.24) is 15.3 Å². The van der Waals surface area contributed by atoms with Crippen LogP contribution in [0.5, 0.6) is 0 Å². The van der Waals surface area contributed by atoms with Crippen LogP contribution in [-0.4, -0.2) is 22.0 Å². The largest absolute Gasteiger partial charge is 0.335 e. The van der Waals surface area contributed by atoms with E-state index in [0.717, 1.165) is 18.7 Å². The van der Waals surface area contributed by atoms with E-state index in [1.807, 2.05) is 0 Å². The highest BCUT2D eigenvalue weighted by atomic mass is 16.2. The fourth-order valence-electron chi connectivity index (χ4n) is 2.38. The number of amides is 2. The lowest BCUT2D eigenvalue weighted by Gasteiger charge is -2.12. The number of carbonyl (C=O) groups excluding carboxylic acids is 1. The van der Waals surface area contributed by atoms with E-state index in [1.54, 1.807) is 12.4 Å². The Balaban J connectivity index is 1.52. The topological polar surface area (TPSA) is 66.9 Å². The number of carbonyl (C=O) groups is 1. The molecule has 0 bridgehead atoms. The molecule has 5 heteroatoms. The lowest BCUT2D eigenvalue weighted by molar-refractivity contribution is 0.248. The van der Waals surface area contributed by atoms with Crippen LogP contribution < -0.4 is 10.6 Å². The first-order valence-corrected chi connectivity index (χ1v) is 6.71. The first kappa shape index (κ1) is 11.4. The van der Waals surface area contributed by atoms with Gasteiger partial charge in [-0.2, -0.15) is 0 Å². The van der Waals surface area contributed by atoms with Crippen LogP contribution in [0.3, 0.4) is 0 Å². The van der Waals surface area contributed by atoms with E-state index in [9.17, 15) is 4.79 Å². The first-order valence-electron chi connectivity index (χ1n) is 6.71. The zero-order valence-electron chi connectivity index (χ0n) is 10.4. The van der Waals surface area contributed by atoms with E-state index in [1.165, 1.54) is 25.7 Å². The van der Waals surface area contributed by atoms with Gasteiger partial charge in [-0.1, -0.05) is 12.8 Å². The minimum Gasteiger partial charge on any atom is -0.335 e. The highest BCUT2D eigenvalue weighted by Gasteiger charge is 2.26. The Morgan fingerprint density at radius 1 is 1.11 bits per heavy atom. The van der Waals surface area contributed by atoms with Crippen molar-refractivity contribution in [2.75, 3.05) is 5.32 Å². The molecule has 2 aliphatic carbocycles. The summed E-state index contributed by atoms with van der Waals surface area (Å²) >= 11 is 0. The second kappa shape index (κ2) is 4.92. The van der Waals surface area contributed by atoms with Crippen molar-refractivity contribution in [3.63, 3.8) is 0 Å². The molecule has 96 valence electrons. The van der Waals surface area contributed by atoms with Gasteiger partial charge in [-0.05, 0) is 25.7 Å². The average molecular weight is 246 g/mol. The molecule has 2 aliphatic rings. The summed E-state index contributed by atoms with van der Waals surface area (Å²) in [4.78, 5) is 20.3. The summed E-state index contributed by atoms with van der Waals surface area (Å²) in [5.74, 6) is 1.45. The van der Waals surface area contributed by atoms with E-state index in [0.29, 0.717) is 17.6 Å². The van der Waals surface area contributed by atoms with E-state index in [4.69, 9.17) is 0 Å². The van der Waals surface area contributed by atoms with Crippen molar-refractivity contribution in [1.29, 1.82) is 0 Å². The fraction of sp³-hybridized carbons (Fsp3) is 0.615. The highest BCUT2D eigenvalue weighted by molar-refractivity contribution is 5.89. The van der Waals surface area contributed by atoms with Gasteiger partial charge in [-0.3, -0.25) is 0 Å². The molecule has 0 unspecified atom stereocenters.